The number of carbonyl (C=O) groups is 1. The van der Waals surface area contributed by atoms with Crippen molar-refractivity contribution in [2.45, 2.75) is 56.6 Å². The number of carbonyl (C=O) groups excluding carboxylic acids is 1. The van der Waals surface area contributed by atoms with Gasteiger partial charge in [0.1, 0.15) is 42.2 Å². The van der Waals surface area contributed by atoms with Crippen molar-refractivity contribution in [1.82, 2.24) is 4.98 Å². The van der Waals surface area contributed by atoms with Crippen LogP contribution in [0.5, 0.6) is 0 Å². The monoisotopic (exact) mass is 599 g/mol. The van der Waals surface area contributed by atoms with Crippen LogP contribution in [0.15, 0.2) is 115 Å². The van der Waals surface area contributed by atoms with Crippen molar-refractivity contribution < 1.29 is 28.5 Å². The van der Waals surface area contributed by atoms with Crippen LogP contribution in [0, 0.1) is 0 Å². The van der Waals surface area contributed by atoms with E-state index >= 15 is 0 Å². The van der Waals surface area contributed by atoms with Crippen molar-refractivity contribution in [2.75, 3.05) is 12.4 Å². The average Bonchev–Trinajstić information content (AvgIpc) is 3.07. The molecule has 5 rings (SSSR count). The zero-order chi connectivity index (χ0) is 29.7. The van der Waals surface area contributed by atoms with Crippen LogP contribution in [-0.2, 0) is 43.5 Å². The molecule has 3 aromatic carbocycles. The van der Waals surface area contributed by atoms with Crippen molar-refractivity contribution in [3.8, 4) is 0 Å². The molecule has 0 bridgehead atoms. The molecule has 0 radical (unpaired) electrons. The third-order valence-corrected chi connectivity index (χ3v) is 8.07. The predicted molar refractivity (Wildman–Crippen MR) is 166 cm³/mol. The number of benzene rings is 3. The van der Waals surface area contributed by atoms with Gasteiger partial charge in [-0.2, -0.15) is 0 Å². The molecule has 1 aromatic heterocycles. The van der Waals surface area contributed by atoms with Gasteiger partial charge in [0.15, 0.2) is 0 Å². The minimum atomic E-state index is -0.599. The van der Waals surface area contributed by atoms with Gasteiger partial charge in [0.2, 0.25) is 0 Å². The Balaban J connectivity index is 1.42. The molecular formula is C35H37NO6S. The fourth-order valence-corrected chi connectivity index (χ4v) is 5.87. The fraction of sp³-hybridized carbons (Fsp3) is 0.314. The molecule has 1 saturated heterocycles. The smallest absolute Gasteiger partial charge is 0.357 e. The van der Waals surface area contributed by atoms with Gasteiger partial charge in [-0.3, -0.25) is 0 Å². The maximum Gasteiger partial charge on any atom is 0.357 e. The molecule has 0 saturated carbocycles. The summed E-state index contributed by atoms with van der Waals surface area (Å²) in [7, 11) is 0. The molecule has 5 atom stereocenters. The SMILES string of the molecule is CCS[C@@H]1O[C@H](COC(=O)c2ccccn2)[C@@H](OCc2ccccc2)[C@H](OCc2ccccc2)[C@H]1OCc1ccccc1. The minimum absolute atomic E-state index is 0.0216. The maximum atomic E-state index is 12.9. The first-order valence-corrected chi connectivity index (χ1v) is 15.6. The summed E-state index contributed by atoms with van der Waals surface area (Å²) in [4.78, 5) is 17.0. The first kappa shape index (κ1) is 30.9. The lowest BCUT2D eigenvalue weighted by Crippen LogP contribution is -2.60. The summed E-state index contributed by atoms with van der Waals surface area (Å²) in [6.07, 6.45) is -0.579. The van der Waals surface area contributed by atoms with E-state index in [9.17, 15) is 4.79 Å². The van der Waals surface area contributed by atoms with Crippen molar-refractivity contribution in [1.29, 1.82) is 0 Å². The summed E-state index contributed by atoms with van der Waals surface area (Å²) in [5.74, 6) is 0.284. The second-order valence-electron chi connectivity index (χ2n) is 10.1. The molecule has 43 heavy (non-hydrogen) atoms. The van der Waals surface area contributed by atoms with Gasteiger partial charge >= 0.3 is 5.97 Å². The van der Waals surface area contributed by atoms with Crippen molar-refractivity contribution in [3.63, 3.8) is 0 Å². The Morgan fingerprint density at radius 1 is 0.698 bits per heavy atom. The normalized spacial score (nSPS) is 21.7. The zero-order valence-corrected chi connectivity index (χ0v) is 25.0. The molecule has 1 fully saturated rings. The van der Waals surface area contributed by atoms with Crippen molar-refractivity contribution in [2.24, 2.45) is 0 Å². The highest BCUT2D eigenvalue weighted by atomic mass is 32.2. The molecule has 0 N–H and O–H groups in total. The van der Waals surface area contributed by atoms with Crippen LogP contribution in [0.4, 0.5) is 0 Å². The largest absolute Gasteiger partial charge is 0.458 e. The number of aromatic nitrogens is 1. The molecule has 0 spiro atoms. The van der Waals surface area contributed by atoms with E-state index in [1.54, 1.807) is 36.2 Å². The minimum Gasteiger partial charge on any atom is -0.458 e. The summed E-state index contributed by atoms with van der Waals surface area (Å²) < 4.78 is 32.2. The molecule has 8 heteroatoms. The molecule has 4 aromatic rings. The number of ether oxygens (including phenoxy) is 5. The Bertz CT molecular complexity index is 1360. The standard InChI is InChI=1S/C35H37NO6S/c1-2-43-35-33(40-24-28-18-10-5-11-19-28)32(39-23-27-16-8-4-9-17-27)31(38-22-26-14-6-3-7-15-26)30(42-35)25-41-34(37)29-20-12-13-21-36-29/h3-21,30-33,35H,2,22-25H2,1H3/t30-,31-,32+,33-,35+/m1/s1. The lowest BCUT2D eigenvalue weighted by Gasteiger charge is -2.45. The quantitative estimate of drug-likeness (QED) is 0.153. The number of pyridine rings is 1. The maximum absolute atomic E-state index is 12.9. The van der Waals surface area contributed by atoms with Gasteiger partial charge < -0.3 is 23.7 Å². The van der Waals surface area contributed by atoms with Gasteiger partial charge in [-0.05, 0) is 34.6 Å². The van der Waals surface area contributed by atoms with Crippen LogP contribution in [0.3, 0.4) is 0 Å². The molecule has 7 nitrogen and oxygen atoms in total. The van der Waals surface area contributed by atoms with Gasteiger partial charge in [-0.1, -0.05) is 104 Å². The van der Waals surface area contributed by atoms with Gasteiger partial charge in [-0.15, -0.1) is 11.8 Å². The topological polar surface area (TPSA) is 76.1 Å². The first-order chi connectivity index (χ1) is 21.2. The van der Waals surface area contributed by atoms with E-state index in [0.717, 1.165) is 22.4 Å². The number of hydrogen-bond donors (Lipinski definition) is 0. The highest BCUT2D eigenvalue weighted by Crippen LogP contribution is 2.35. The number of rotatable bonds is 14. The van der Waals surface area contributed by atoms with E-state index in [0.29, 0.717) is 19.8 Å². The second-order valence-corrected chi connectivity index (χ2v) is 11.5. The molecule has 2 heterocycles. The summed E-state index contributed by atoms with van der Waals surface area (Å²) in [5, 5.41) is 0. The van der Waals surface area contributed by atoms with E-state index in [1.807, 2.05) is 91.0 Å². The Labute approximate surface area is 257 Å². The van der Waals surface area contributed by atoms with Crippen LogP contribution in [0.25, 0.3) is 0 Å². The van der Waals surface area contributed by atoms with E-state index in [1.165, 1.54) is 0 Å². The highest BCUT2D eigenvalue weighted by Gasteiger charge is 2.49. The second kappa shape index (κ2) is 16.4. The van der Waals surface area contributed by atoms with Crippen LogP contribution < -0.4 is 0 Å². The number of esters is 1. The third kappa shape index (κ3) is 8.98. The molecule has 1 aliphatic rings. The van der Waals surface area contributed by atoms with E-state index < -0.39 is 30.4 Å². The zero-order valence-electron chi connectivity index (χ0n) is 24.2. The average molecular weight is 600 g/mol. The molecule has 0 unspecified atom stereocenters. The third-order valence-electron chi connectivity index (χ3n) is 7.03. The summed E-state index contributed by atoms with van der Waals surface area (Å²) >= 11 is 1.64. The number of thioether (sulfide) groups is 1. The van der Waals surface area contributed by atoms with Gasteiger partial charge in [0.25, 0.3) is 0 Å². The molecular weight excluding hydrogens is 562 g/mol. The van der Waals surface area contributed by atoms with E-state index in [2.05, 4.69) is 11.9 Å². The molecule has 0 aliphatic carbocycles. The molecule has 0 amide bonds. The van der Waals surface area contributed by atoms with Gasteiger partial charge in [0, 0.05) is 6.20 Å². The fourth-order valence-electron chi connectivity index (χ4n) is 4.89. The van der Waals surface area contributed by atoms with Gasteiger partial charge in [-0.25, -0.2) is 9.78 Å². The Morgan fingerprint density at radius 2 is 1.21 bits per heavy atom. The van der Waals surface area contributed by atoms with Crippen molar-refractivity contribution in [3.05, 3.63) is 138 Å². The molecule has 224 valence electrons. The van der Waals surface area contributed by atoms with E-state index in [-0.39, 0.29) is 17.7 Å². The Hall–Kier alpha value is -3.53. The summed E-state index contributed by atoms with van der Waals surface area (Å²) in [6, 6.07) is 35.2. The summed E-state index contributed by atoms with van der Waals surface area (Å²) in [6.45, 7) is 3.15. The van der Waals surface area contributed by atoms with Crippen LogP contribution >= 0.6 is 11.8 Å². The number of nitrogens with zero attached hydrogens (tertiary/aromatic N) is 1. The van der Waals surface area contributed by atoms with Crippen LogP contribution in [0.2, 0.25) is 0 Å². The lowest BCUT2D eigenvalue weighted by atomic mass is 9.98. The van der Waals surface area contributed by atoms with Crippen LogP contribution in [-0.4, -0.2) is 53.2 Å². The van der Waals surface area contributed by atoms with Crippen molar-refractivity contribution >= 4 is 17.7 Å². The lowest BCUT2D eigenvalue weighted by molar-refractivity contribution is -0.251. The predicted octanol–water partition coefficient (Wildman–Crippen LogP) is 6.47. The first-order valence-electron chi connectivity index (χ1n) is 14.5. The Kier molecular flexibility index (Phi) is 11.8. The number of hydrogen-bond acceptors (Lipinski definition) is 8. The van der Waals surface area contributed by atoms with Gasteiger partial charge in [0.05, 0.1) is 19.8 Å². The Morgan fingerprint density at radius 3 is 1.72 bits per heavy atom. The highest BCUT2D eigenvalue weighted by molar-refractivity contribution is 7.99. The van der Waals surface area contributed by atoms with E-state index in [4.69, 9.17) is 23.7 Å². The molecule has 1 aliphatic heterocycles. The summed E-state index contributed by atoms with van der Waals surface area (Å²) in [5.41, 5.74) is 2.97. The van der Waals surface area contributed by atoms with Crippen LogP contribution in [0.1, 0.15) is 34.1 Å².